The number of aliphatic imine (C=N–C) groups is 1. The molecule has 3 rings (SSSR count). The van der Waals surface area contributed by atoms with E-state index in [1.165, 1.54) is 22.0 Å². The van der Waals surface area contributed by atoms with Crippen LogP contribution < -0.4 is 16.0 Å². The Morgan fingerprint density at radius 2 is 1.72 bits per heavy atom. The molecule has 0 bridgehead atoms. The maximum atomic E-state index is 12.0. The summed E-state index contributed by atoms with van der Waals surface area (Å²) in [5.41, 5.74) is 4.38. The summed E-state index contributed by atoms with van der Waals surface area (Å²) < 4.78 is 0. The number of benzene rings is 2. The normalized spacial score (nSPS) is 11.0. The molecule has 0 saturated heterocycles. The van der Waals surface area contributed by atoms with Gasteiger partial charge in [0.1, 0.15) is 0 Å². The Balaban J connectivity index is 0.00000300. The summed E-state index contributed by atoms with van der Waals surface area (Å²) in [7, 11) is 1.74. The number of rotatable bonds is 7. The second-order valence-corrected chi connectivity index (χ2v) is 6.66. The fourth-order valence-corrected chi connectivity index (χ4v) is 3.09. The molecule has 0 radical (unpaired) electrons. The zero-order chi connectivity index (χ0) is 19.8. The number of hydrogen-bond donors (Lipinski definition) is 4. The molecule has 4 N–H and O–H groups in total. The number of aromatic amines is 1. The predicted octanol–water partition coefficient (Wildman–Crippen LogP) is 3.23. The highest BCUT2D eigenvalue weighted by Gasteiger charge is 2.05. The SMILES string of the molecule is CN=C(NCCNC(=O)c1ccccc1)NCCc1c[nH]c2cc(C)ccc12.I. The predicted molar refractivity (Wildman–Crippen MR) is 130 cm³/mol. The van der Waals surface area contributed by atoms with Crippen molar-refractivity contribution in [3.63, 3.8) is 0 Å². The molecule has 0 spiro atoms. The summed E-state index contributed by atoms with van der Waals surface area (Å²) >= 11 is 0. The van der Waals surface area contributed by atoms with E-state index in [4.69, 9.17) is 0 Å². The first-order chi connectivity index (χ1) is 13.7. The maximum absolute atomic E-state index is 12.0. The first kappa shape index (κ1) is 22.7. The molecular weight excluding hydrogens is 477 g/mol. The van der Waals surface area contributed by atoms with Crippen LogP contribution in [0.1, 0.15) is 21.5 Å². The molecule has 0 atom stereocenters. The Morgan fingerprint density at radius 3 is 2.48 bits per heavy atom. The van der Waals surface area contributed by atoms with Crippen molar-refractivity contribution in [1.29, 1.82) is 0 Å². The third-order valence-electron chi connectivity index (χ3n) is 4.57. The van der Waals surface area contributed by atoms with Crippen molar-refractivity contribution in [2.24, 2.45) is 4.99 Å². The zero-order valence-corrected chi connectivity index (χ0v) is 19.1. The van der Waals surface area contributed by atoms with E-state index in [0.717, 1.165) is 18.9 Å². The monoisotopic (exact) mass is 505 g/mol. The lowest BCUT2D eigenvalue weighted by Gasteiger charge is -2.12. The molecule has 1 amide bonds. The molecule has 1 aromatic heterocycles. The van der Waals surface area contributed by atoms with Gasteiger partial charge in [-0.3, -0.25) is 9.79 Å². The van der Waals surface area contributed by atoms with E-state index >= 15 is 0 Å². The second kappa shape index (κ2) is 11.5. The number of aromatic nitrogens is 1. The van der Waals surface area contributed by atoms with E-state index in [-0.39, 0.29) is 29.9 Å². The summed E-state index contributed by atoms with van der Waals surface area (Å²) in [6.45, 7) is 4.00. The Bertz CT molecular complexity index is 952. The van der Waals surface area contributed by atoms with Crippen LogP contribution in [-0.4, -0.2) is 43.5 Å². The molecule has 0 saturated carbocycles. The van der Waals surface area contributed by atoms with Gasteiger partial charge in [-0.2, -0.15) is 0 Å². The third-order valence-corrected chi connectivity index (χ3v) is 4.57. The van der Waals surface area contributed by atoms with Gasteiger partial charge in [-0.15, -0.1) is 24.0 Å². The summed E-state index contributed by atoms with van der Waals surface area (Å²) in [6, 6.07) is 15.7. The second-order valence-electron chi connectivity index (χ2n) is 6.66. The minimum Gasteiger partial charge on any atom is -0.361 e. The molecule has 0 aliphatic carbocycles. The standard InChI is InChI=1S/C22H27N5O.HI/c1-16-8-9-19-18(15-27-20(19)14-16)10-11-25-22(23-2)26-13-12-24-21(28)17-6-4-3-5-7-17;/h3-9,14-15,27H,10-13H2,1-2H3,(H,24,28)(H2,23,25,26);1H. The highest BCUT2D eigenvalue weighted by molar-refractivity contribution is 14.0. The van der Waals surface area contributed by atoms with Crippen LogP contribution in [0.2, 0.25) is 0 Å². The highest BCUT2D eigenvalue weighted by Crippen LogP contribution is 2.19. The highest BCUT2D eigenvalue weighted by atomic mass is 127. The number of guanidine groups is 1. The molecular formula is C22H28IN5O. The number of amides is 1. The molecule has 0 unspecified atom stereocenters. The van der Waals surface area contributed by atoms with Crippen LogP contribution in [-0.2, 0) is 6.42 Å². The molecule has 29 heavy (non-hydrogen) atoms. The first-order valence-electron chi connectivity index (χ1n) is 9.52. The van der Waals surface area contributed by atoms with Gasteiger partial charge in [0.05, 0.1) is 0 Å². The van der Waals surface area contributed by atoms with E-state index in [0.29, 0.717) is 18.7 Å². The summed E-state index contributed by atoms with van der Waals surface area (Å²) in [5.74, 6) is 0.657. The maximum Gasteiger partial charge on any atom is 0.251 e. The minimum atomic E-state index is -0.0695. The van der Waals surface area contributed by atoms with Crippen molar-refractivity contribution in [1.82, 2.24) is 20.9 Å². The van der Waals surface area contributed by atoms with E-state index in [1.54, 1.807) is 19.2 Å². The van der Waals surface area contributed by atoms with Gasteiger partial charge in [-0.05, 0) is 42.7 Å². The van der Waals surface area contributed by atoms with Crippen molar-refractivity contribution in [3.8, 4) is 0 Å². The first-order valence-corrected chi connectivity index (χ1v) is 9.52. The number of hydrogen-bond acceptors (Lipinski definition) is 2. The van der Waals surface area contributed by atoms with Crippen LogP contribution in [0.15, 0.2) is 59.7 Å². The number of nitrogens with one attached hydrogen (secondary N) is 4. The van der Waals surface area contributed by atoms with Crippen LogP contribution in [0.25, 0.3) is 10.9 Å². The fourth-order valence-electron chi connectivity index (χ4n) is 3.09. The number of carbonyl (C=O) groups is 1. The Hall–Kier alpha value is -2.55. The van der Waals surface area contributed by atoms with Gasteiger partial charge in [0, 0.05) is 49.3 Å². The quantitative estimate of drug-likeness (QED) is 0.172. The van der Waals surface area contributed by atoms with Crippen molar-refractivity contribution in [3.05, 3.63) is 71.4 Å². The molecule has 154 valence electrons. The van der Waals surface area contributed by atoms with Crippen LogP contribution in [0.4, 0.5) is 0 Å². The molecule has 0 aliphatic rings. The van der Waals surface area contributed by atoms with Gasteiger partial charge in [-0.1, -0.05) is 30.3 Å². The van der Waals surface area contributed by atoms with Gasteiger partial charge in [0.2, 0.25) is 0 Å². The smallest absolute Gasteiger partial charge is 0.251 e. The Labute approximate surface area is 188 Å². The lowest BCUT2D eigenvalue weighted by Crippen LogP contribution is -2.42. The van der Waals surface area contributed by atoms with Crippen LogP contribution in [0.5, 0.6) is 0 Å². The molecule has 6 nitrogen and oxygen atoms in total. The molecule has 0 aliphatic heterocycles. The summed E-state index contributed by atoms with van der Waals surface area (Å²) in [6.07, 6.45) is 2.97. The summed E-state index contributed by atoms with van der Waals surface area (Å²) in [5, 5.41) is 10.7. The third kappa shape index (κ3) is 6.49. The van der Waals surface area contributed by atoms with Crippen molar-refractivity contribution < 1.29 is 4.79 Å². The van der Waals surface area contributed by atoms with Crippen molar-refractivity contribution >= 4 is 46.7 Å². The van der Waals surface area contributed by atoms with Gasteiger partial charge < -0.3 is 20.9 Å². The lowest BCUT2D eigenvalue weighted by molar-refractivity contribution is 0.0954. The van der Waals surface area contributed by atoms with Gasteiger partial charge >= 0.3 is 0 Å². The number of carbonyl (C=O) groups excluding carboxylic acids is 1. The Morgan fingerprint density at radius 1 is 1.00 bits per heavy atom. The summed E-state index contributed by atoms with van der Waals surface area (Å²) in [4.78, 5) is 19.6. The van der Waals surface area contributed by atoms with Crippen LogP contribution in [0, 0.1) is 6.92 Å². The van der Waals surface area contributed by atoms with Crippen LogP contribution in [0.3, 0.4) is 0 Å². The molecule has 7 heteroatoms. The largest absolute Gasteiger partial charge is 0.361 e. The zero-order valence-electron chi connectivity index (χ0n) is 16.8. The molecule has 1 heterocycles. The molecule has 0 fully saturated rings. The Kier molecular flexibility index (Phi) is 8.98. The van der Waals surface area contributed by atoms with E-state index in [2.05, 4.69) is 57.2 Å². The van der Waals surface area contributed by atoms with E-state index < -0.39 is 0 Å². The number of aryl methyl sites for hydroxylation is 1. The number of H-pyrrole nitrogens is 1. The number of fused-ring (bicyclic) bond motifs is 1. The lowest BCUT2D eigenvalue weighted by atomic mass is 10.1. The average Bonchev–Trinajstić information content (AvgIpc) is 3.12. The van der Waals surface area contributed by atoms with Crippen molar-refractivity contribution in [2.75, 3.05) is 26.7 Å². The minimum absolute atomic E-state index is 0. The average molecular weight is 505 g/mol. The molecule has 3 aromatic rings. The number of nitrogens with zero attached hydrogens (tertiary/aromatic N) is 1. The van der Waals surface area contributed by atoms with Gasteiger partial charge in [0.25, 0.3) is 5.91 Å². The number of halogens is 1. The van der Waals surface area contributed by atoms with Gasteiger partial charge in [-0.25, -0.2) is 0 Å². The van der Waals surface area contributed by atoms with Gasteiger partial charge in [0.15, 0.2) is 5.96 Å². The van der Waals surface area contributed by atoms with Crippen LogP contribution >= 0.6 is 24.0 Å². The molecule has 2 aromatic carbocycles. The topological polar surface area (TPSA) is 81.3 Å². The fraction of sp³-hybridized carbons (Fsp3) is 0.273. The van der Waals surface area contributed by atoms with Crippen molar-refractivity contribution in [2.45, 2.75) is 13.3 Å². The van der Waals surface area contributed by atoms with E-state index in [9.17, 15) is 4.79 Å². The van der Waals surface area contributed by atoms with E-state index in [1.807, 2.05) is 18.2 Å².